The molecule has 0 aromatic carbocycles. The molecule has 0 saturated carbocycles. The monoisotopic (exact) mass is 229 g/mol. The molecule has 1 atom stereocenters. The molecular formula is C12H23NO3. The zero-order valence-electron chi connectivity index (χ0n) is 10.8. The Hall–Kier alpha value is -1.06. The highest BCUT2D eigenvalue weighted by Gasteiger charge is 2.30. The summed E-state index contributed by atoms with van der Waals surface area (Å²) in [5, 5.41) is 2.63. The van der Waals surface area contributed by atoms with Crippen LogP contribution in [0.15, 0.2) is 0 Å². The van der Waals surface area contributed by atoms with Crippen molar-refractivity contribution in [3.05, 3.63) is 0 Å². The van der Waals surface area contributed by atoms with Crippen LogP contribution in [0.4, 0.5) is 0 Å². The Bertz CT molecular complexity index is 240. The number of hydrogen-bond acceptors (Lipinski definition) is 3. The van der Waals surface area contributed by atoms with E-state index in [-0.39, 0.29) is 23.8 Å². The first-order valence-electron chi connectivity index (χ1n) is 5.94. The van der Waals surface area contributed by atoms with E-state index in [9.17, 15) is 9.59 Å². The summed E-state index contributed by atoms with van der Waals surface area (Å²) in [5.41, 5.74) is -0.374. The molecular weight excluding hydrogens is 206 g/mol. The molecule has 0 aromatic rings. The normalized spacial score (nSPS) is 14.0. The summed E-state index contributed by atoms with van der Waals surface area (Å²) in [7, 11) is 0. The molecule has 1 amide bonds. The van der Waals surface area contributed by atoms with Gasteiger partial charge in [0.15, 0.2) is 0 Å². The van der Waals surface area contributed by atoms with Gasteiger partial charge in [0, 0.05) is 5.41 Å². The Morgan fingerprint density at radius 3 is 2.31 bits per heavy atom. The van der Waals surface area contributed by atoms with Gasteiger partial charge < -0.3 is 10.1 Å². The number of ether oxygens (including phenoxy) is 1. The first-order chi connectivity index (χ1) is 7.50. The van der Waals surface area contributed by atoms with Crippen molar-refractivity contribution in [1.29, 1.82) is 0 Å². The van der Waals surface area contributed by atoms with Gasteiger partial charge in [-0.15, -0.1) is 0 Å². The van der Waals surface area contributed by atoms with Crippen LogP contribution in [0.25, 0.3) is 0 Å². The Morgan fingerprint density at radius 2 is 1.88 bits per heavy atom. The SMILES string of the molecule is CCCC(C)(CC)C(=O)NCC(=O)OCC. The summed E-state index contributed by atoms with van der Waals surface area (Å²) < 4.78 is 4.74. The third-order valence-corrected chi connectivity index (χ3v) is 2.83. The molecule has 16 heavy (non-hydrogen) atoms. The van der Waals surface area contributed by atoms with Gasteiger partial charge in [0.2, 0.25) is 5.91 Å². The van der Waals surface area contributed by atoms with Crippen LogP contribution in [-0.4, -0.2) is 25.0 Å². The van der Waals surface area contributed by atoms with Gasteiger partial charge in [0.1, 0.15) is 6.54 Å². The molecule has 0 fully saturated rings. The molecule has 94 valence electrons. The minimum atomic E-state index is -0.384. The van der Waals surface area contributed by atoms with E-state index in [1.54, 1.807) is 6.92 Å². The van der Waals surface area contributed by atoms with Gasteiger partial charge >= 0.3 is 5.97 Å². The van der Waals surface area contributed by atoms with E-state index in [0.717, 1.165) is 19.3 Å². The van der Waals surface area contributed by atoms with Gasteiger partial charge in [-0.05, 0) is 19.8 Å². The van der Waals surface area contributed by atoms with Crippen LogP contribution in [-0.2, 0) is 14.3 Å². The van der Waals surface area contributed by atoms with Gasteiger partial charge in [-0.25, -0.2) is 0 Å². The van der Waals surface area contributed by atoms with Crippen LogP contribution < -0.4 is 5.32 Å². The summed E-state index contributed by atoms with van der Waals surface area (Å²) in [6, 6.07) is 0. The molecule has 0 aliphatic carbocycles. The maximum Gasteiger partial charge on any atom is 0.325 e. The molecule has 4 heteroatoms. The number of carbonyl (C=O) groups excluding carboxylic acids is 2. The topological polar surface area (TPSA) is 55.4 Å². The molecule has 0 aromatic heterocycles. The second-order valence-corrected chi connectivity index (χ2v) is 4.15. The van der Waals surface area contributed by atoms with Crippen molar-refractivity contribution in [2.75, 3.05) is 13.2 Å². The zero-order chi connectivity index (χ0) is 12.6. The fourth-order valence-corrected chi connectivity index (χ4v) is 1.58. The van der Waals surface area contributed by atoms with Gasteiger partial charge in [0.05, 0.1) is 6.61 Å². The van der Waals surface area contributed by atoms with Crippen molar-refractivity contribution in [2.45, 2.75) is 47.0 Å². The number of amides is 1. The molecule has 4 nitrogen and oxygen atoms in total. The lowest BCUT2D eigenvalue weighted by Gasteiger charge is -2.26. The Morgan fingerprint density at radius 1 is 1.25 bits per heavy atom. The minimum absolute atomic E-state index is 0.0357. The number of rotatable bonds is 7. The van der Waals surface area contributed by atoms with Crippen molar-refractivity contribution in [3.63, 3.8) is 0 Å². The summed E-state index contributed by atoms with van der Waals surface area (Å²) >= 11 is 0. The van der Waals surface area contributed by atoms with Crippen LogP contribution >= 0.6 is 0 Å². The fourth-order valence-electron chi connectivity index (χ4n) is 1.58. The van der Waals surface area contributed by atoms with Crippen molar-refractivity contribution in [2.24, 2.45) is 5.41 Å². The number of esters is 1. The molecule has 0 bridgehead atoms. The van der Waals surface area contributed by atoms with E-state index in [0.29, 0.717) is 6.61 Å². The Labute approximate surface area is 97.7 Å². The highest BCUT2D eigenvalue weighted by Crippen LogP contribution is 2.27. The van der Waals surface area contributed by atoms with Gasteiger partial charge in [-0.2, -0.15) is 0 Å². The van der Waals surface area contributed by atoms with Gasteiger partial charge in [-0.3, -0.25) is 9.59 Å². The van der Waals surface area contributed by atoms with E-state index < -0.39 is 0 Å². The maximum absolute atomic E-state index is 11.9. The average Bonchev–Trinajstić information content (AvgIpc) is 2.26. The number of nitrogens with one attached hydrogen (secondary N) is 1. The third kappa shape index (κ3) is 4.64. The maximum atomic E-state index is 11.9. The van der Waals surface area contributed by atoms with E-state index in [1.165, 1.54) is 0 Å². The molecule has 0 spiro atoms. The van der Waals surface area contributed by atoms with Crippen molar-refractivity contribution < 1.29 is 14.3 Å². The van der Waals surface area contributed by atoms with Gasteiger partial charge in [0.25, 0.3) is 0 Å². The lowest BCUT2D eigenvalue weighted by molar-refractivity contribution is -0.144. The smallest absolute Gasteiger partial charge is 0.325 e. The molecule has 0 saturated heterocycles. The second-order valence-electron chi connectivity index (χ2n) is 4.15. The molecule has 0 rings (SSSR count). The first kappa shape index (κ1) is 14.9. The summed E-state index contributed by atoms with van der Waals surface area (Å²) in [5.74, 6) is -0.448. The largest absolute Gasteiger partial charge is 0.465 e. The van der Waals surface area contributed by atoms with E-state index in [2.05, 4.69) is 5.32 Å². The van der Waals surface area contributed by atoms with Crippen LogP contribution in [0.5, 0.6) is 0 Å². The zero-order valence-corrected chi connectivity index (χ0v) is 10.8. The van der Waals surface area contributed by atoms with Crippen molar-refractivity contribution in [1.82, 2.24) is 5.32 Å². The Balaban J connectivity index is 4.17. The summed E-state index contributed by atoms with van der Waals surface area (Å²) in [6.45, 7) is 8.01. The molecule has 1 unspecified atom stereocenters. The molecule has 1 N–H and O–H groups in total. The van der Waals surface area contributed by atoms with E-state index in [4.69, 9.17) is 4.74 Å². The number of hydrogen-bond donors (Lipinski definition) is 1. The molecule has 0 radical (unpaired) electrons. The summed E-state index contributed by atoms with van der Waals surface area (Å²) in [6.07, 6.45) is 2.56. The lowest BCUT2D eigenvalue weighted by Crippen LogP contribution is -2.41. The van der Waals surface area contributed by atoms with Crippen LogP contribution in [0, 0.1) is 5.41 Å². The Kier molecular flexibility index (Phi) is 6.77. The predicted octanol–water partition coefficient (Wildman–Crippen LogP) is 1.88. The lowest BCUT2D eigenvalue weighted by atomic mass is 9.82. The first-order valence-corrected chi connectivity index (χ1v) is 5.94. The standard InChI is InChI=1S/C12H23NO3/c1-5-8-12(4,6-2)11(15)13-9-10(14)16-7-3/h5-9H2,1-4H3,(H,13,15). The van der Waals surface area contributed by atoms with E-state index in [1.807, 2.05) is 20.8 Å². The van der Waals surface area contributed by atoms with Crippen LogP contribution in [0.1, 0.15) is 47.0 Å². The highest BCUT2D eigenvalue weighted by molar-refractivity contribution is 5.85. The highest BCUT2D eigenvalue weighted by atomic mass is 16.5. The second kappa shape index (κ2) is 7.25. The quantitative estimate of drug-likeness (QED) is 0.678. The van der Waals surface area contributed by atoms with Gasteiger partial charge in [-0.1, -0.05) is 27.2 Å². The van der Waals surface area contributed by atoms with Crippen molar-refractivity contribution in [3.8, 4) is 0 Å². The molecule has 0 aliphatic rings. The average molecular weight is 229 g/mol. The summed E-state index contributed by atoms with van der Waals surface area (Å²) in [4.78, 5) is 23.0. The number of carbonyl (C=O) groups is 2. The third-order valence-electron chi connectivity index (χ3n) is 2.83. The molecule has 0 heterocycles. The van der Waals surface area contributed by atoms with E-state index >= 15 is 0 Å². The van der Waals surface area contributed by atoms with Crippen LogP contribution in [0.3, 0.4) is 0 Å². The predicted molar refractivity (Wildman–Crippen MR) is 62.9 cm³/mol. The fraction of sp³-hybridized carbons (Fsp3) is 0.833. The van der Waals surface area contributed by atoms with Crippen LogP contribution in [0.2, 0.25) is 0 Å². The minimum Gasteiger partial charge on any atom is -0.465 e. The molecule has 0 aliphatic heterocycles. The van der Waals surface area contributed by atoms with Crippen molar-refractivity contribution >= 4 is 11.9 Å².